The average molecular weight is 414 g/mol. The van der Waals surface area contributed by atoms with E-state index in [1.165, 1.54) is 17.3 Å². The molecule has 0 fully saturated rings. The number of anilines is 1. The highest BCUT2D eigenvalue weighted by Crippen LogP contribution is 2.29. The smallest absolute Gasteiger partial charge is 0.277 e. The van der Waals surface area contributed by atoms with Gasteiger partial charge in [-0.15, -0.1) is 10.2 Å². The van der Waals surface area contributed by atoms with Crippen molar-refractivity contribution < 1.29 is 9.21 Å². The molecule has 0 radical (unpaired) electrons. The van der Waals surface area contributed by atoms with Crippen LogP contribution in [0.2, 0.25) is 0 Å². The van der Waals surface area contributed by atoms with Gasteiger partial charge in [0.2, 0.25) is 11.8 Å². The Balaban J connectivity index is 1.67. The Morgan fingerprint density at radius 3 is 2.38 bits per heavy atom. The van der Waals surface area contributed by atoms with E-state index in [0.717, 1.165) is 22.6 Å². The minimum absolute atomic E-state index is 0.0855. The number of hydrogen-bond acceptors (Lipinski definition) is 6. The predicted octanol–water partition coefficient (Wildman–Crippen LogP) is 4.50. The third kappa shape index (κ3) is 4.70. The highest BCUT2D eigenvalue weighted by atomic mass is 32.2. The molecule has 8 heteroatoms. The van der Waals surface area contributed by atoms with Crippen molar-refractivity contribution >= 4 is 23.4 Å². The first kappa shape index (κ1) is 21.1. The van der Waals surface area contributed by atoms with Crippen molar-refractivity contribution in [3.05, 3.63) is 41.2 Å². The molecule has 7 nitrogen and oxygen atoms in total. The van der Waals surface area contributed by atoms with Crippen molar-refractivity contribution in [1.29, 1.82) is 0 Å². The lowest BCUT2D eigenvalue weighted by Crippen LogP contribution is -2.23. The van der Waals surface area contributed by atoms with Crippen molar-refractivity contribution in [3.8, 4) is 11.5 Å². The summed E-state index contributed by atoms with van der Waals surface area (Å²) in [5.41, 5.74) is 4.62. The fourth-order valence-corrected chi connectivity index (χ4v) is 3.55. The molecule has 0 aliphatic carbocycles. The summed E-state index contributed by atoms with van der Waals surface area (Å²) in [6.07, 6.45) is 0. The molecule has 0 saturated carbocycles. The SMILES string of the molecule is Cc1nn(C)c(C)c1NC(=O)[C@H](C)Sc1nnc(-c2ccc(C(C)(C)C)cc2)o1. The van der Waals surface area contributed by atoms with Crippen LogP contribution in [0.4, 0.5) is 5.69 Å². The van der Waals surface area contributed by atoms with Crippen LogP contribution in [0.3, 0.4) is 0 Å². The maximum Gasteiger partial charge on any atom is 0.277 e. The van der Waals surface area contributed by atoms with E-state index in [9.17, 15) is 4.79 Å². The van der Waals surface area contributed by atoms with E-state index in [2.05, 4.69) is 53.5 Å². The number of aromatic nitrogens is 4. The molecule has 29 heavy (non-hydrogen) atoms. The van der Waals surface area contributed by atoms with Crippen LogP contribution in [-0.2, 0) is 17.3 Å². The van der Waals surface area contributed by atoms with E-state index in [4.69, 9.17) is 4.42 Å². The van der Waals surface area contributed by atoms with Gasteiger partial charge in [0.25, 0.3) is 5.22 Å². The van der Waals surface area contributed by atoms with Crippen LogP contribution in [0.1, 0.15) is 44.6 Å². The van der Waals surface area contributed by atoms with Gasteiger partial charge in [-0.3, -0.25) is 9.48 Å². The molecule has 1 aromatic carbocycles. The summed E-state index contributed by atoms with van der Waals surface area (Å²) in [5, 5.41) is 15.4. The molecular formula is C21H27N5O2S. The van der Waals surface area contributed by atoms with Crippen LogP contribution in [0.15, 0.2) is 33.9 Å². The van der Waals surface area contributed by atoms with Crippen LogP contribution >= 0.6 is 11.8 Å². The van der Waals surface area contributed by atoms with E-state index in [1.54, 1.807) is 4.68 Å². The van der Waals surface area contributed by atoms with Gasteiger partial charge in [0.1, 0.15) is 0 Å². The minimum atomic E-state index is -0.398. The molecule has 0 bridgehead atoms. The highest BCUT2D eigenvalue weighted by Gasteiger charge is 2.21. The van der Waals surface area contributed by atoms with Crippen molar-refractivity contribution in [2.75, 3.05) is 5.32 Å². The Bertz CT molecular complexity index is 1010. The van der Waals surface area contributed by atoms with Crippen molar-refractivity contribution in [2.24, 2.45) is 7.05 Å². The van der Waals surface area contributed by atoms with Gasteiger partial charge in [0.15, 0.2) is 0 Å². The Labute approximate surface area is 175 Å². The predicted molar refractivity (Wildman–Crippen MR) is 115 cm³/mol. The first-order valence-corrected chi connectivity index (χ1v) is 10.4. The highest BCUT2D eigenvalue weighted by molar-refractivity contribution is 8.00. The first-order valence-electron chi connectivity index (χ1n) is 9.48. The van der Waals surface area contributed by atoms with Gasteiger partial charge in [-0.2, -0.15) is 5.10 Å². The molecule has 1 N–H and O–H groups in total. The molecule has 1 amide bonds. The average Bonchev–Trinajstić information content (AvgIpc) is 3.21. The molecule has 0 aliphatic rings. The third-order valence-electron chi connectivity index (χ3n) is 4.81. The number of rotatable bonds is 5. The minimum Gasteiger partial charge on any atom is -0.411 e. The molecule has 0 aliphatic heterocycles. The summed E-state index contributed by atoms with van der Waals surface area (Å²) < 4.78 is 7.51. The van der Waals surface area contributed by atoms with Gasteiger partial charge in [-0.05, 0) is 43.9 Å². The second kappa shape index (κ2) is 8.02. The lowest BCUT2D eigenvalue weighted by molar-refractivity contribution is -0.115. The van der Waals surface area contributed by atoms with Gasteiger partial charge in [-0.25, -0.2) is 0 Å². The molecule has 0 unspecified atom stereocenters. The summed E-state index contributed by atoms with van der Waals surface area (Å²) in [7, 11) is 1.85. The normalized spacial score (nSPS) is 12.8. The maximum atomic E-state index is 12.6. The Kier molecular flexibility index (Phi) is 5.84. The molecule has 2 aromatic heterocycles. The van der Waals surface area contributed by atoms with Crippen molar-refractivity contribution in [1.82, 2.24) is 20.0 Å². The zero-order valence-corrected chi connectivity index (χ0v) is 18.7. The number of nitrogens with one attached hydrogen (secondary N) is 1. The number of carbonyl (C=O) groups excluding carboxylic acids is 1. The molecule has 1 atom stereocenters. The number of thioether (sulfide) groups is 1. The molecule has 154 valence electrons. The molecule has 0 saturated heterocycles. The van der Waals surface area contributed by atoms with E-state index in [-0.39, 0.29) is 11.3 Å². The van der Waals surface area contributed by atoms with Crippen LogP contribution in [0, 0.1) is 13.8 Å². The molecule has 3 rings (SSSR count). The number of hydrogen-bond donors (Lipinski definition) is 1. The van der Waals surface area contributed by atoms with Gasteiger partial charge in [0, 0.05) is 12.6 Å². The number of nitrogens with zero attached hydrogens (tertiary/aromatic N) is 4. The topological polar surface area (TPSA) is 85.8 Å². The van der Waals surface area contributed by atoms with Crippen LogP contribution < -0.4 is 5.32 Å². The standard InChI is InChI=1S/C21H27N5O2S/c1-12-17(13(2)26(7)25-12)22-18(27)14(3)29-20-24-23-19(28-20)15-8-10-16(11-9-15)21(4,5)6/h8-11,14H,1-7H3,(H,22,27)/t14-/m0/s1. The molecule has 2 heterocycles. The molecule has 0 spiro atoms. The Hall–Kier alpha value is -2.61. The number of carbonyl (C=O) groups is 1. The zero-order chi connectivity index (χ0) is 21.3. The van der Waals surface area contributed by atoms with Gasteiger partial charge >= 0.3 is 0 Å². The summed E-state index contributed by atoms with van der Waals surface area (Å²) in [5.74, 6) is 0.308. The van der Waals surface area contributed by atoms with Gasteiger partial charge in [0.05, 0.1) is 22.3 Å². The first-order chi connectivity index (χ1) is 13.6. The number of amides is 1. The van der Waals surface area contributed by atoms with Crippen LogP contribution in [0.25, 0.3) is 11.5 Å². The van der Waals surface area contributed by atoms with E-state index in [1.807, 2.05) is 40.0 Å². The van der Waals surface area contributed by atoms with E-state index in [0.29, 0.717) is 11.1 Å². The quantitative estimate of drug-likeness (QED) is 0.620. The van der Waals surface area contributed by atoms with Gasteiger partial charge in [-0.1, -0.05) is 44.7 Å². The Morgan fingerprint density at radius 1 is 1.17 bits per heavy atom. The second-order valence-electron chi connectivity index (χ2n) is 8.12. The maximum absolute atomic E-state index is 12.6. The fraction of sp³-hybridized carbons (Fsp3) is 0.429. The van der Waals surface area contributed by atoms with Gasteiger partial charge < -0.3 is 9.73 Å². The molecular weight excluding hydrogens is 386 g/mol. The second-order valence-corrected chi connectivity index (χ2v) is 9.41. The van der Waals surface area contributed by atoms with E-state index >= 15 is 0 Å². The zero-order valence-electron chi connectivity index (χ0n) is 17.9. The lowest BCUT2D eigenvalue weighted by atomic mass is 9.87. The fourth-order valence-electron chi connectivity index (χ4n) is 2.87. The molecule has 3 aromatic rings. The largest absolute Gasteiger partial charge is 0.411 e. The summed E-state index contributed by atoms with van der Waals surface area (Å²) in [4.78, 5) is 12.6. The summed E-state index contributed by atoms with van der Waals surface area (Å²) in [6, 6.07) is 8.10. The number of benzene rings is 1. The van der Waals surface area contributed by atoms with E-state index < -0.39 is 5.25 Å². The van der Waals surface area contributed by atoms with Crippen LogP contribution in [-0.4, -0.2) is 31.1 Å². The number of aryl methyl sites for hydroxylation is 2. The third-order valence-corrected chi connectivity index (χ3v) is 5.74. The summed E-state index contributed by atoms with van der Waals surface area (Å²) >= 11 is 1.23. The monoisotopic (exact) mass is 413 g/mol. The lowest BCUT2D eigenvalue weighted by Gasteiger charge is -2.18. The summed E-state index contributed by atoms with van der Waals surface area (Å²) in [6.45, 7) is 12.1. The van der Waals surface area contributed by atoms with Crippen LogP contribution in [0.5, 0.6) is 0 Å². The van der Waals surface area contributed by atoms with Crippen molar-refractivity contribution in [3.63, 3.8) is 0 Å². The van der Waals surface area contributed by atoms with Crippen molar-refractivity contribution in [2.45, 2.75) is 57.4 Å². The Morgan fingerprint density at radius 2 is 1.83 bits per heavy atom.